The van der Waals surface area contributed by atoms with Gasteiger partial charge in [0.1, 0.15) is 6.54 Å². The van der Waals surface area contributed by atoms with Crippen LogP contribution in [-0.4, -0.2) is 30.6 Å². The first kappa shape index (κ1) is 12.4. The van der Waals surface area contributed by atoms with Crippen LogP contribution in [0.25, 0.3) is 0 Å². The van der Waals surface area contributed by atoms with Crippen molar-refractivity contribution in [2.75, 3.05) is 21.1 Å². The maximum Gasteiger partial charge on any atom is 0.121 e. The summed E-state index contributed by atoms with van der Waals surface area (Å²) < 4.78 is 0.927. The monoisotopic (exact) mass is 200 g/mol. The second kappa shape index (κ2) is 4.58. The Morgan fingerprint density at radius 2 is 1.92 bits per heavy atom. The summed E-state index contributed by atoms with van der Waals surface area (Å²) in [5.74, 6) is 0. The average Bonchev–Trinajstić information content (AvgIpc) is 1.82. The van der Waals surface area contributed by atoms with Crippen molar-refractivity contribution < 1.29 is 16.9 Å². The maximum atomic E-state index is 4.31. The molecule has 0 radical (unpaired) electrons. The quantitative estimate of drug-likeness (QED) is 0.536. The Morgan fingerprint density at radius 3 is 2.38 bits per heavy atom. The number of hydrogen-bond donors (Lipinski definition) is 0. The minimum atomic E-state index is 0. The molecule has 0 aliphatic carbocycles. The van der Waals surface area contributed by atoms with Crippen molar-refractivity contribution in [3.8, 4) is 0 Å². The Kier molecular flexibility index (Phi) is 4.37. The highest BCUT2D eigenvalue weighted by molar-refractivity contribution is 5.13. The zero-order chi connectivity index (χ0) is 9.19. The minimum Gasteiger partial charge on any atom is -1.00 e. The Bertz CT molecular complexity index is 266. The topological polar surface area (TPSA) is 12.9 Å². The van der Waals surface area contributed by atoms with E-state index in [1.807, 2.05) is 12.3 Å². The van der Waals surface area contributed by atoms with Crippen LogP contribution < -0.4 is 12.4 Å². The van der Waals surface area contributed by atoms with E-state index in [9.17, 15) is 0 Å². The molecule has 0 spiro atoms. The number of rotatable bonds is 2. The van der Waals surface area contributed by atoms with E-state index in [0.717, 1.165) is 11.0 Å². The molecule has 13 heavy (non-hydrogen) atoms. The molecule has 0 saturated carbocycles. The predicted octanol–water partition coefficient (Wildman–Crippen LogP) is -1.40. The normalized spacial score (nSPS) is 10.8. The first-order chi connectivity index (χ1) is 5.47. The van der Waals surface area contributed by atoms with E-state index in [1.165, 1.54) is 11.3 Å². The van der Waals surface area contributed by atoms with Gasteiger partial charge in [-0.15, -0.1) is 0 Å². The van der Waals surface area contributed by atoms with Crippen molar-refractivity contribution in [2.24, 2.45) is 0 Å². The van der Waals surface area contributed by atoms with Gasteiger partial charge in [0.15, 0.2) is 0 Å². The standard InChI is InChI=1S/C10H17N2.ClH/c1-9-5-6-11-10(7-9)8-12(2,3)4;/h5-7H,8H2,1-4H3;1H/q+1;/p-1. The molecule has 0 aliphatic heterocycles. The fourth-order valence-electron chi connectivity index (χ4n) is 1.17. The number of nitrogens with zero attached hydrogens (tertiary/aromatic N) is 2. The molecule has 0 unspecified atom stereocenters. The van der Waals surface area contributed by atoms with Gasteiger partial charge in [0.05, 0.1) is 26.8 Å². The molecule has 1 heterocycles. The van der Waals surface area contributed by atoms with E-state index in [1.54, 1.807) is 0 Å². The van der Waals surface area contributed by atoms with E-state index in [4.69, 9.17) is 0 Å². The van der Waals surface area contributed by atoms with E-state index in [0.29, 0.717) is 0 Å². The number of quaternary nitrogens is 1. The highest BCUT2D eigenvalue weighted by Crippen LogP contribution is 2.05. The lowest BCUT2D eigenvalue weighted by Gasteiger charge is -2.23. The molecule has 3 heteroatoms. The molecule has 0 atom stereocenters. The molecule has 1 aromatic heterocycles. The van der Waals surface area contributed by atoms with E-state index >= 15 is 0 Å². The van der Waals surface area contributed by atoms with Crippen molar-refractivity contribution in [1.29, 1.82) is 0 Å². The zero-order valence-corrected chi connectivity index (χ0v) is 9.47. The van der Waals surface area contributed by atoms with Gasteiger partial charge in [0.2, 0.25) is 0 Å². The lowest BCUT2D eigenvalue weighted by atomic mass is 10.2. The van der Waals surface area contributed by atoms with Crippen molar-refractivity contribution in [1.82, 2.24) is 4.98 Å². The van der Waals surface area contributed by atoms with Gasteiger partial charge in [-0.2, -0.15) is 0 Å². The van der Waals surface area contributed by atoms with Crippen molar-refractivity contribution in [2.45, 2.75) is 13.5 Å². The zero-order valence-electron chi connectivity index (χ0n) is 8.71. The van der Waals surface area contributed by atoms with Crippen molar-refractivity contribution >= 4 is 0 Å². The Hall–Kier alpha value is -0.600. The summed E-state index contributed by atoms with van der Waals surface area (Å²) in [6.45, 7) is 3.09. The van der Waals surface area contributed by atoms with Crippen LogP contribution in [-0.2, 0) is 6.54 Å². The number of aryl methyl sites for hydroxylation is 1. The second-order valence-corrected chi connectivity index (χ2v) is 4.27. The molecule has 1 rings (SSSR count). The van der Waals surface area contributed by atoms with Crippen LogP contribution in [0.5, 0.6) is 0 Å². The fourth-order valence-corrected chi connectivity index (χ4v) is 1.17. The summed E-state index contributed by atoms with van der Waals surface area (Å²) >= 11 is 0. The Balaban J connectivity index is 0.00000144. The van der Waals surface area contributed by atoms with Crippen LogP contribution in [0.2, 0.25) is 0 Å². The molecule has 0 amide bonds. The molecule has 0 aromatic carbocycles. The smallest absolute Gasteiger partial charge is 0.121 e. The molecule has 0 bridgehead atoms. The molecule has 1 aromatic rings. The third kappa shape index (κ3) is 4.86. The van der Waals surface area contributed by atoms with E-state index in [2.05, 4.69) is 39.1 Å². The average molecular weight is 201 g/mol. The summed E-state index contributed by atoms with van der Waals surface area (Å²) in [6, 6.07) is 4.17. The highest BCUT2D eigenvalue weighted by atomic mass is 35.5. The number of aromatic nitrogens is 1. The van der Waals surface area contributed by atoms with Gasteiger partial charge < -0.3 is 16.9 Å². The largest absolute Gasteiger partial charge is 1.00 e. The second-order valence-electron chi connectivity index (χ2n) is 4.27. The third-order valence-corrected chi connectivity index (χ3v) is 1.61. The van der Waals surface area contributed by atoms with Gasteiger partial charge in [-0.3, -0.25) is 4.98 Å². The summed E-state index contributed by atoms with van der Waals surface area (Å²) in [5, 5.41) is 0. The van der Waals surface area contributed by atoms with Gasteiger partial charge in [0, 0.05) is 6.20 Å². The highest BCUT2D eigenvalue weighted by Gasteiger charge is 2.08. The van der Waals surface area contributed by atoms with Crippen molar-refractivity contribution in [3.63, 3.8) is 0 Å². The first-order valence-corrected chi connectivity index (χ1v) is 4.19. The van der Waals surface area contributed by atoms with Crippen molar-refractivity contribution in [3.05, 3.63) is 29.6 Å². The third-order valence-electron chi connectivity index (χ3n) is 1.61. The molecule has 0 aliphatic rings. The van der Waals surface area contributed by atoms with Gasteiger partial charge in [0.25, 0.3) is 0 Å². The summed E-state index contributed by atoms with van der Waals surface area (Å²) in [6.07, 6.45) is 1.88. The van der Waals surface area contributed by atoms with Gasteiger partial charge >= 0.3 is 0 Å². The summed E-state index contributed by atoms with van der Waals surface area (Å²) in [5.41, 5.74) is 2.45. The summed E-state index contributed by atoms with van der Waals surface area (Å²) in [7, 11) is 6.51. The van der Waals surface area contributed by atoms with Crippen LogP contribution in [0.3, 0.4) is 0 Å². The Labute approximate surface area is 86.6 Å². The van der Waals surface area contributed by atoms with Gasteiger partial charge in [-0.25, -0.2) is 0 Å². The van der Waals surface area contributed by atoms with Crippen LogP contribution >= 0.6 is 0 Å². The van der Waals surface area contributed by atoms with E-state index in [-0.39, 0.29) is 12.4 Å². The number of pyridine rings is 1. The fraction of sp³-hybridized carbons (Fsp3) is 0.500. The van der Waals surface area contributed by atoms with E-state index < -0.39 is 0 Å². The Morgan fingerprint density at radius 1 is 1.31 bits per heavy atom. The molecular weight excluding hydrogens is 184 g/mol. The molecule has 0 fully saturated rings. The van der Waals surface area contributed by atoms with Gasteiger partial charge in [-0.1, -0.05) is 0 Å². The molecule has 2 nitrogen and oxygen atoms in total. The molecular formula is C10H17ClN2. The van der Waals surface area contributed by atoms with Crippen LogP contribution in [0.1, 0.15) is 11.3 Å². The van der Waals surface area contributed by atoms with Crippen LogP contribution in [0.4, 0.5) is 0 Å². The lowest BCUT2D eigenvalue weighted by Crippen LogP contribution is -3.00. The predicted molar refractivity (Wildman–Crippen MR) is 50.7 cm³/mol. The lowest BCUT2D eigenvalue weighted by molar-refractivity contribution is -0.884. The SMILES string of the molecule is Cc1ccnc(C[N+](C)(C)C)c1.[Cl-]. The molecule has 74 valence electrons. The first-order valence-electron chi connectivity index (χ1n) is 4.19. The number of hydrogen-bond acceptors (Lipinski definition) is 1. The van der Waals surface area contributed by atoms with Gasteiger partial charge in [-0.05, 0) is 24.6 Å². The number of halogens is 1. The molecule has 0 N–H and O–H groups in total. The maximum absolute atomic E-state index is 4.31. The molecule has 0 saturated heterocycles. The van der Waals surface area contributed by atoms with Crippen LogP contribution in [0.15, 0.2) is 18.3 Å². The summed E-state index contributed by atoms with van der Waals surface area (Å²) in [4.78, 5) is 4.31. The van der Waals surface area contributed by atoms with Crippen LogP contribution in [0, 0.1) is 6.92 Å². The minimum absolute atomic E-state index is 0.